The lowest BCUT2D eigenvalue weighted by Gasteiger charge is -2.26. The average Bonchev–Trinajstić information content (AvgIpc) is 2.00. The molecule has 0 aromatic carbocycles. The normalized spacial score (nSPS) is 16.8. The molecule has 0 spiro atoms. The van der Waals surface area contributed by atoms with E-state index in [9.17, 15) is 0 Å². The number of nitrogens with one attached hydrogen (secondary N) is 1. The van der Waals surface area contributed by atoms with Gasteiger partial charge in [0.05, 0.1) is 13.2 Å². The molecule has 1 unspecified atom stereocenters. The van der Waals surface area contributed by atoms with Gasteiger partial charge in [0.15, 0.2) is 0 Å². The van der Waals surface area contributed by atoms with E-state index in [4.69, 9.17) is 10.2 Å². The van der Waals surface area contributed by atoms with E-state index in [-0.39, 0.29) is 18.8 Å². The monoisotopic (exact) mass is 147 g/mol. The molecule has 0 bridgehead atoms. The predicted octanol–water partition coefficient (Wildman–Crippen LogP) is -0.271. The van der Waals surface area contributed by atoms with Gasteiger partial charge in [0.25, 0.3) is 0 Å². The number of β-amino-alcohol motifs (C(OH)–C–C–N with tert-alkyl or cyclic N) is 1. The lowest BCUT2D eigenvalue weighted by atomic mass is 10.0. The van der Waals surface area contributed by atoms with E-state index in [1.165, 1.54) is 0 Å². The number of hydrogen-bond acceptors (Lipinski definition) is 3. The topological polar surface area (TPSA) is 52.5 Å². The van der Waals surface area contributed by atoms with Crippen LogP contribution in [-0.2, 0) is 0 Å². The first-order chi connectivity index (χ1) is 4.68. The van der Waals surface area contributed by atoms with Gasteiger partial charge < -0.3 is 15.5 Å². The maximum absolute atomic E-state index is 8.87. The summed E-state index contributed by atoms with van der Waals surface area (Å²) >= 11 is 0. The van der Waals surface area contributed by atoms with Gasteiger partial charge in [-0.2, -0.15) is 0 Å². The fraction of sp³-hybridized carbons (Fsp3) is 1.00. The van der Waals surface area contributed by atoms with Gasteiger partial charge in [-0.1, -0.05) is 6.92 Å². The third kappa shape index (κ3) is 3.15. The zero-order chi connectivity index (χ0) is 8.04. The van der Waals surface area contributed by atoms with Crippen molar-refractivity contribution in [3.8, 4) is 0 Å². The van der Waals surface area contributed by atoms with Crippen molar-refractivity contribution in [2.45, 2.75) is 25.8 Å². The molecule has 0 aliphatic carbocycles. The highest BCUT2D eigenvalue weighted by molar-refractivity contribution is 4.79. The molecule has 0 aromatic heterocycles. The van der Waals surface area contributed by atoms with Crippen molar-refractivity contribution in [1.29, 1.82) is 0 Å². The van der Waals surface area contributed by atoms with Crippen LogP contribution in [0.4, 0.5) is 0 Å². The molecular formula is C7H17NO2. The molecule has 3 N–H and O–H groups in total. The molecule has 0 aromatic rings. The lowest BCUT2D eigenvalue weighted by molar-refractivity contribution is 0.160. The second kappa shape index (κ2) is 4.66. The van der Waals surface area contributed by atoms with Gasteiger partial charge in [-0.3, -0.25) is 0 Å². The maximum Gasteiger partial charge on any atom is 0.0610 e. The Morgan fingerprint density at radius 3 is 2.30 bits per heavy atom. The van der Waals surface area contributed by atoms with E-state index < -0.39 is 0 Å². The molecule has 10 heavy (non-hydrogen) atoms. The van der Waals surface area contributed by atoms with Gasteiger partial charge in [-0.15, -0.1) is 0 Å². The van der Waals surface area contributed by atoms with E-state index in [1.54, 1.807) is 0 Å². The lowest BCUT2D eigenvalue weighted by Crippen LogP contribution is -2.46. The fourth-order valence-corrected chi connectivity index (χ4v) is 0.650. The Morgan fingerprint density at radius 1 is 1.40 bits per heavy atom. The summed E-state index contributed by atoms with van der Waals surface area (Å²) in [5.74, 6) is 0. The molecule has 1 atom stereocenters. The first-order valence-corrected chi connectivity index (χ1v) is 3.65. The average molecular weight is 147 g/mol. The van der Waals surface area contributed by atoms with Crippen LogP contribution in [0.5, 0.6) is 0 Å². The van der Waals surface area contributed by atoms with Crippen LogP contribution in [0.3, 0.4) is 0 Å². The molecule has 0 fully saturated rings. The number of aliphatic hydroxyl groups excluding tert-OH is 2. The Morgan fingerprint density at radius 2 is 2.00 bits per heavy atom. The number of hydrogen-bond donors (Lipinski definition) is 3. The van der Waals surface area contributed by atoms with Crippen LogP contribution in [0.15, 0.2) is 0 Å². The zero-order valence-corrected chi connectivity index (χ0v) is 6.72. The highest BCUT2D eigenvalue weighted by atomic mass is 16.3. The van der Waals surface area contributed by atoms with Crippen molar-refractivity contribution in [1.82, 2.24) is 5.32 Å². The summed E-state index contributed by atoms with van der Waals surface area (Å²) < 4.78 is 0. The molecule has 3 nitrogen and oxygen atoms in total. The summed E-state index contributed by atoms with van der Waals surface area (Å²) in [6.07, 6.45) is 0.865. The molecule has 0 aliphatic heterocycles. The second-order valence-corrected chi connectivity index (χ2v) is 2.72. The van der Waals surface area contributed by atoms with Gasteiger partial charge in [-0.05, 0) is 13.3 Å². The summed E-state index contributed by atoms with van der Waals surface area (Å²) in [6.45, 7) is 4.72. The van der Waals surface area contributed by atoms with E-state index in [2.05, 4.69) is 5.32 Å². The Labute approximate surface area is 62.1 Å². The third-order valence-corrected chi connectivity index (χ3v) is 1.79. The van der Waals surface area contributed by atoms with Crippen molar-refractivity contribution in [3.63, 3.8) is 0 Å². The van der Waals surface area contributed by atoms with Crippen LogP contribution in [0.1, 0.15) is 20.3 Å². The molecule has 62 valence electrons. The molecule has 0 amide bonds. The Balaban J connectivity index is 3.58. The van der Waals surface area contributed by atoms with Gasteiger partial charge in [0, 0.05) is 12.1 Å². The van der Waals surface area contributed by atoms with Crippen LogP contribution >= 0.6 is 0 Å². The molecule has 0 radical (unpaired) electrons. The minimum Gasteiger partial charge on any atom is -0.395 e. The highest BCUT2D eigenvalue weighted by Crippen LogP contribution is 2.05. The molecule has 0 rings (SSSR count). The maximum atomic E-state index is 8.87. The van der Waals surface area contributed by atoms with Gasteiger partial charge >= 0.3 is 0 Å². The Kier molecular flexibility index (Phi) is 4.60. The Hall–Kier alpha value is -0.120. The molecule has 0 saturated heterocycles. The van der Waals surface area contributed by atoms with Gasteiger partial charge in [0.2, 0.25) is 0 Å². The number of rotatable bonds is 5. The van der Waals surface area contributed by atoms with Crippen LogP contribution < -0.4 is 5.32 Å². The summed E-state index contributed by atoms with van der Waals surface area (Å²) in [5, 5.41) is 20.4. The Bertz CT molecular complexity index is 81.7. The van der Waals surface area contributed by atoms with Crippen LogP contribution in [0.25, 0.3) is 0 Å². The minimum atomic E-state index is -0.220. The van der Waals surface area contributed by atoms with E-state index in [0.717, 1.165) is 6.42 Å². The second-order valence-electron chi connectivity index (χ2n) is 2.72. The summed E-state index contributed by atoms with van der Waals surface area (Å²) in [6, 6.07) is 0. The number of aliphatic hydroxyl groups is 2. The van der Waals surface area contributed by atoms with Crippen LogP contribution in [-0.4, -0.2) is 35.5 Å². The quantitative estimate of drug-likeness (QED) is 0.501. The third-order valence-electron chi connectivity index (χ3n) is 1.79. The van der Waals surface area contributed by atoms with Crippen molar-refractivity contribution in [2.75, 3.05) is 19.8 Å². The first-order valence-electron chi connectivity index (χ1n) is 3.65. The molecule has 0 saturated carbocycles. The van der Waals surface area contributed by atoms with Crippen molar-refractivity contribution in [2.24, 2.45) is 0 Å². The smallest absolute Gasteiger partial charge is 0.0610 e. The van der Waals surface area contributed by atoms with Crippen LogP contribution in [0, 0.1) is 0 Å². The highest BCUT2D eigenvalue weighted by Gasteiger charge is 2.18. The predicted molar refractivity (Wildman–Crippen MR) is 40.9 cm³/mol. The molecule has 0 heterocycles. The molecule has 0 aliphatic rings. The first kappa shape index (κ1) is 9.88. The SMILES string of the molecule is CCC(C)(CO)NCCO. The minimum absolute atomic E-state index is 0.115. The zero-order valence-electron chi connectivity index (χ0n) is 6.72. The van der Waals surface area contributed by atoms with Crippen LogP contribution in [0.2, 0.25) is 0 Å². The van der Waals surface area contributed by atoms with Crippen molar-refractivity contribution >= 4 is 0 Å². The summed E-state index contributed by atoms with van der Waals surface area (Å²) in [4.78, 5) is 0. The molecular weight excluding hydrogens is 130 g/mol. The van der Waals surface area contributed by atoms with Gasteiger partial charge in [0.1, 0.15) is 0 Å². The summed E-state index contributed by atoms with van der Waals surface area (Å²) in [5.41, 5.74) is -0.220. The standard InChI is InChI=1S/C7H17NO2/c1-3-7(2,6-10)8-4-5-9/h8-10H,3-6H2,1-2H3. The van der Waals surface area contributed by atoms with Gasteiger partial charge in [-0.25, -0.2) is 0 Å². The largest absolute Gasteiger partial charge is 0.395 e. The fourth-order valence-electron chi connectivity index (χ4n) is 0.650. The van der Waals surface area contributed by atoms with E-state index in [1.807, 2.05) is 13.8 Å². The van der Waals surface area contributed by atoms with Crippen molar-refractivity contribution in [3.05, 3.63) is 0 Å². The van der Waals surface area contributed by atoms with E-state index in [0.29, 0.717) is 6.54 Å². The van der Waals surface area contributed by atoms with E-state index >= 15 is 0 Å². The van der Waals surface area contributed by atoms with Crippen molar-refractivity contribution < 1.29 is 10.2 Å². The molecule has 3 heteroatoms. The summed E-state index contributed by atoms with van der Waals surface area (Å²) in [7, 11) is 0.